The first kappa shape index (κ1) is 46.7. The van der Waals surface area contributed by atoms with Crippen LogP contribution in [0.3, 0.4) is 0 Å². The van der Waals surface area contributed by atoms with E-state index in [0.29, 0.717) is 12.3 Å². The summed E-state index contributed by atoms with van der Waals surface area (Å²) in [4.78, 5) is 6.11. The number of azide groups is 2. The Morgan fingerprint density at radius 3 is 1.34 bits per heavy atom. The molecular weight excluding hydrogens is 721 g/mol. The smallest absolute Gasteiger partial charge is 0.320 e. The molecule has 0 N–H and O–H groups in total. The Morgan fingerprint density at radius 1 is 0.532 bits per heavy atom. The molecule has 0 saturated carbocycles. The summed E-state index contributed by atoms with van der Waals surface area (Å²) in [5.74, 6) is 0. The van der Waals surface area contributed by atoms with Crippen molar-refractivity contribution < 1.29 is 16.5 Å². The Balaban J connectivity index is 5.26. The van der Waals surface area contributed by atoms with Gasteiger partial charge in [-0.1, -0.05) is 48.3 Å². The van der Waals surface area contributed by atoms with E-state index in [1.807, 2.05) is 12.2 Å². The molecule has 272 valence electrons. The van der Waals surface area contributed by atoms with Crippen LogP contribution < -0.4 is 0 Å². The molecule has 0 spiro atoms. The van der Waals surface area contributed by atoms with Crippen molar-refractivity contribution >= 4 is 66.5 Å². The molecule has 47 heavy (non-hydrogen) atoms. The van der Waals surface area contributed by atoms with Crippen LogP contribution in [0.1, 0.15) is 12.8 Å². The second kappa shape index (κ2) is 19.3. The van der Waals surface area contributed by atoms with Gasteiger partial charge in [0.05, 0.1) is 14.2 Å². The molecular formula is C29H70N6O4Si8. The Bertz CT molecular complexity index is 1030. The van der Waals surface area contributed by atoms with Gasteiger partial charge in [0.1, 0.15) is 0 Å². The predicted molar refractivity (Wildman–Crippen MR) is 224 cm³/mol. The molecule has 0 fully saturated rings. The van der Waals surface area contributed by atoms with E-state index in [0.717, 1.165) is 54.8 Å². The number of hydrogen-bond donors (Lipinski definition) is 0. The minimum atomic E-state index is -2.67. The average molecular weight is 792 g/mol. The van der Waals surface area contributed by atoms with E-state index in [4.69, 9.17) is 27.5 Å². The Kier molecular flexibility index (Phi) is 19.2. The number of allylic oxidation sites excluding steroid dienone is 2. The predicted octanol–water partition coefficient (Wildman–Crippen LogP) is 11.8. The monoisotopic (exact) mass is 790 g/mol. The first-order valence-electron chi connectivity index (χ1n) is 17.2. The van der Waals surface area contributed by atoms with Gasteiger partial charge in [-0.3, -0.25) is 0 Å². The molecule has 18 heteroatoms. The fourth-order valence-corrected chi connectivity index (χ4v) is 48.1. The Hall–Kier alpha value is -0.325. The third kappa shape index (κ3) is 21.5. The van der Waals surface area contributed by atoms with Crippen molar-refractivity contribution in [3.05, 3.63) is 46.2 Å². The molecule has 0 heterocycles. The van der Waals surface area contributed by atoms with Crippen molar-refractivity contribution in [2.45, 2.75) is 146 Å². The van der Waals surface area contributed by atoms with E-state index in [9.17, 15) is 0 Å². The van der Waals surface area contributed by atoms with E-state index in [1.54, 1.807) is 0 Å². The molecule has 0 rings (SSSR count). The molecule has 0 aliphatic heterocycles. The fourth-order valence-electron chi connectivity index (χ4n) is 7.08. The lowest BCUT2D eigenvalue weighted by molar-refractivity contribution is 0.380. The number of hydrogen-bond acceptors (Lipinski definition) is 6. The van der Waals surface area contributed by atoms with Crippen molar-refractivity contribution in [1.29, 1.82) is 0 Å². The second-order valence-electron chi connectivity index (χ2n) is 17.6. The van der Waals surface area contributed by atoms with E-state index in [1.165, 1.54) is 0 Å². The van der Waals surface area contributed by atoms with Crippen LogP contribution in [0, 0.1) is 0 Å². The van der Waals surface area contributed by atoms with Gasteiger partial charge >= 0.3 is 8.56 Å². The molecule has 10 nitrogen and oxygen atoms in total. The van der Waals surface area contributed by atoms with Crippen LogP contribution in [-0.4, -0.2) is 78.9 Å². The van der Waals surface area contributed by atoms with Gasteiger partial charge in [-0.05, 0) is 132 Å². The summed E-state index contributed by atoms with van der Waals surface area (Å²) < 4.78 is 27.6. The SMILES string of the molecule is C=CC[Si](C)(C)C[Si](C)(CN=[N+]=[N-])O[Si](C)(C)CCC[Si](C)(C)O[Si](C)(C)CCC[Si](C)(C)O[Si](C)(CN=[N+]=[N-])O[Si](C)(C)CC=C. The van der Waals surface area contributed by atoms with Gasteiger partial charge in [0.25, 0.3) is 0 Å². The fraction of sp³-hybridized carbons (Fsp3) is 0.862. The lowest BCUT2D eigenvalue weighted by Gasteiger charge is -2.40. The highest BCUT2D eigenvalue weighted by atomic mass is 28.5. The largest absolute Gasteiger partial charge is 0.455 e. The maximum Gasteiger partial charge on any atom is 0.320 e. The van der Waals surface area contributed by atoms with Crippen LogP contribution in [-0.2, 0) is 16.5 Å². The van der Waals surface area contributed by atoms with Crippen LogP contribution in [0.15, 0.2) is 35.5 Å². The van der Waals surface area contributed by atoms with Gasteiger partial charge in [-0.15, -0.1) is 13.2 Å². The van der Waals surface area contributed by atoms with Crippen molar-refractivity contribution in [2.24, 2.45) is 10.2 Å². The van der Waals surface area contributed by atoms with Gasteiger partial charge in [0.2, 0.25) is 0 Å². The molecule has 0 amide bonds. The minimum absolute atomic E-state index is 0.297. The van der Waals surface area contributed by atoms with Crippen LogP contribution in [0.2, 0.25) is 134 Å². The third-order valence-corrected chi connectivity index (χ3v) is 42.0. The van der Waals surface area contributed by atoms with Crippen molar-refractivity contribution in [2.75, 3.05) is 12.3 Å². The van der Waals surface area contributed by atoms with Gasteiger partial charge in [0, 0.05) is 16.0 Å². The maximum atomic E-state index is 9.08. The quantitative estimate of drug-likeness (QED) is 0.0283. The highest BCUT2D eigenvalue weighted by Crippen LogP contribution is 2.33. The van der Waals surface area contributed by atoms with Gasteiger partial charge in [0.15, 0.2) is 49.9 Å². The summed E-state index contributed by atoms with van der Waals surface area (Å²) in [6.45, 7) is 40.1. The molecule has 2 atom stereocenters. The van der Waals surface area contributed by atoms with Crippen LogP contribution in [0.5, 0.6) is 0 Å². The lowest BCUT2D eigenvalue weighted by Crippen LogP contribution is -2.56. The summed E-state index contributed by atoms with van der Waals surface area (Å²) in [5, 5.41) is 7.92. The van der Waals surface area contributed by atoms with E-state index in [-0.39, 0.29) is 0 Å². The van der Waals surface area contributed by atoms with Crippen LogP contribution in [0.25, 0.3) is 20.9 Å². The molecule has 0 aromatic rings. The second-order valence-corrected chi connectivity index (χ2v) is 52.8. The zero-order valence-electron chi connectivity index (χ0n) is 32.7. The molecule has 0 saturated heterocycles. The highest BCUT2D eigenvalue weighted by Gasteiger charge is 2.44. The van der Waals surface area contributed by atoms with Gasteiger partial charge in [-0.2, -0.15) is 0 Å². The van der Waals surface area contributed by atoms with Crippen LogP contribution in [0.4, 0.5) is 0 Å². The summed E-state index contributed by atoms with van der Waals surface area (Å²) in [6, 6.07) is 6.26. The molecule has 0 bridgehead atoms. The molecule has 0 aromatic carbocycles. The van der Waals surface area contributed by atoms with Gasteiger partial charge < -0.3 is 16.5 Å². The Labute approximate surface area is 296 Å². The van der Waals surface area contributed by atoms with Crippen LogP contribution >= 0.6 is 0 Å². The van der Waals surface area contributed by atoms with Crippen molar-refractivity contribution in [1.82, 2.24) is 0 Å². The summed E-state index contributed by atoms with van der Waals surface area (Å²) in [7, 11) is -16.1. The number of rotatable bonds is 26. The first-order chi connectivity index (χ1) is 21.2. The highest BCUT2D eigenvalue weighted by molar-refractivity contribution is 6.97. The lowest BCUT2D eigenvalue weighted by atomic mass is 10.6. The average Bonchev–Trinajstić information content (AvgIpc) is 2.83. The standard InChI is InChI=1S/C29H70N6O4Si8/c1-17-21-40(3,4)29-46(15,27-32-34-30)37-44(11,12)25-19-23-42(7,8)36-43(9,10)24-20-26-45(13,14)39-47(16,28-33-35-31)38-41(5,6)22-18-2/h17-18H,1-2,19-29H2,3-16H3. The normalized spacial score (nSPS) is 16.0. The molecule has 0 aromatic heterocycles. The van der Waals surface area contributed by atoms with E-state index in [2.05, 4.69) is 125 Å². The van der Waals surface area contributed by atoms with Crippen molar-refractivity contribution in [3.63, 3.8) is 0 Å². The first-order valence-corrected chi connectivity index (χ1v) is 41.6. The minimum Gasteiger partial charge on any atom is -0.455 e. The maximum absolute atomic E-state index is 9.08. The zero-order chi connectivity index (χ0) is 36.8. The topological polar surface area (TPSA) is 134 Å². The summed E-state index contributed by atoms with van der Waals surface area (Å²) in [5.41, 5.74) is 19.2. The summed E-state index contributed by atoms with van der Waals surface area (Å²) >= 11 is 0. The Morgan fingerprint density at radius 2 is 0.915 bits per heavy atom. The van der Waals surface area contributed by atoms with E-state index < -0.39 is 66.5 Å². The molecule has 0 aliphatic rings. The summed E-state index contributed by atoms with van der Waals surface area (Å²) in [6.07, 6.45) is 6.97. The zero-order valence-corrected chi connectivity index (χ0v) is 40.7. The number of nitrogens with zero attached hydrogens (tertiary/aromatic N) is 6. The molecule has 2 unspecified atom stereocenters. The van der Waals surface area contributed by atoms with Crippen molar-refractivity contribution in [3.8, 4) is 0 Å². The third-order valence-electron chi connectivity index (χ3n) is 8.25. The van der Waals surface area contributed by atoms with E-state index >= 15 is 0 Å². The van der Waals surface area contributed by atoms with Gasteiger partial charge in [-0.25, -0.2) is 0 Å². The molecule has 0 aliphatic carbocycles. The molecule has 0 radical (unpaired) electrons.